The highest BCUT2D eigenvalue weighted by Crippen LogP contribution is 2.47. The molecule has 2 N–H and O–H groups in total. The van der Waals surface area contributed by atoms with Crippen LogP contribution >= 0.6 is 0 Å². The van der Waals surface area contributed by atoms with Crippen LogP contribution in [0, 0.1) is 17.2 Å². The molecule has 0 radical (unpaired) electrons. The third-order valence-electron chi connectivity index (χ3n) is 6.08. The average molecular weight is 369 g/mol. The molecule has 146 valence electrons. The first-order valence-electron chi connectivity index (χ1n) is 10.1. The molecule has 1 heterocycles. The zero-order chi connectivity index (χ0) is 19.3. The summed E-state index contributed by atoms with van der Waals surface area (Å²) in [5, 5.41) is 12.9. The molecule has 1 aromatic carbocycles. The van der Waals surface area contributed by atoms with E-state index in [-0.39, 0.29) is 5.41 Å². The summed E-state index contributed by atoms with van der Waals surface area (Å²) in [6, 6.07) is 11.1. The first-order chi connectivity index (χ1) is 13.1. The maximum Gasteiger partial charge on any atom is 0.140 e. The van der Waals surface area contributed by atoms with Crippen molar-refractivity contribution in [2.75, 3.05) is 31.6 Å². The van der Waals surface area contributed by atoms with Crippen molar-refractivity contribution < 1.29 is 4.84 Å². The van der Waals surface area contributed by atoms with E-state index in [0.29, 0.717) is 0 Å². The van der Waals surface area contributed by atoms with Crippen LogP contribution in [0.1, 0.15) is 51.5 Å². The molecule has 1 aliphatic carbocycles. The molecule has 5 nitrogen and oxygen atoms in total. The van der Waals surface area contributed by atoms with Gasteiger partial charge >= 0.3 is 0 Å². The van der Waals surface area contributed by atoms with E-state index in [1.807, 2.05) is 6.92 Å². The second kappa shape index (κ2) is 8.77. The van der Waals surface area contributed by atoms with Crippen LogP contribution in [0.2, 0.25) is 0 Å². The quantitative estimate of drug-likeness (QED) is 0.539. The molecule has 2 aliphatic rings. The zero-order valence-corrected chi connectivity index (χ0v) is 16.8. The number of nitriles is 1. The molecule has 5 heteroatoms. The molecule has 0 bridgehead atoms. The Bertz CT molecular complexity index is 694. The highest BCUT2D eigenvalue weighted by Gasteiger charge is 2.44. The van der Waals surface area contributed by atoms with Gasteiger partial charge in [0.25, 0.3) is 0 Å². The molecule has 1 aromatic rings. The normalized spacial score (nSPS) is 19.8. The lowest BCUT2D eigenvalue weighted by Gasteiger charge is -2.30. The predicted molar refractivity (Wildman–Crippen MR) is 109 cm³/mol. The minimum atomic E-state index is -0.228. The Morgan fingerprint density at radius 2 is 1.93 bits per heavy atom. The van der Waals surface area contributed by atoms with Crippen molar-refractivity contribution in [3.8, 4) is 6.07 Å². The van der Waals surface area contributed by atoms with Gasteiger partial charge in [0.05, 0.1) is 17.2 Å². The number of benzene rings is 1. The second-order valence-corrected chi connectivity index (χ2v) is 7.82. The largest absolute Gasteiger partial charge is 0.412 e. The smallest absolute Gasteiger partial charge is 0.140 e. The van der Waals surface area contributed by atoms with Gasteiger partial charge in [-0.05, 0) is 82.7 Å². The maximum absolute atomic E-state index is 9.44. The third-order valence-corrected chi connectivity index (χ3v) is 6.08. The number of rotatable bonds is 8. The summed E-state index contributed by atoms with van der Waals surface area (Å²) >= 11 is 0. The second-order valence-electron chi connectivity index (χ2n) is 7.82. The van der Waals surface area contributed by atoms with Crippen LogP contribution in [0.5, 0.6) is 0 Å². The fraction of sp³-hybridized carbons (Fsp3) is 0.591. The zero-order valence-electron chi connectivity index (χ0n) is 16.8. The van der Waals surface area contributed by atoms with Gasteiger partial charge < -0.3 is 15.1 Å². The minimum absolute atomic E-state index is 0.228. The number of allylic oxidation sites excluding steroid dienone is 2. The van der Waals surface area contributed by atoms with Gasteiger partial charge in [0.1, 0.15) is 5.76 Å². The van der Waals surface area contributed by atoms with Gasteiger partial charge in [0, 0.05) is 19.3 Å². The molecule has 27 heavy (non-hydrogen) atoms. The van der Waals surface area contributed by atoms with E-state index < -0.39 is 0 Å². The van der Waals surface area contributed by atoms with Crippen LogP contribution in [-0.2, 0) is 10.3 Å². The average Bonchev–Trinajstić information content (AvgIpc) is 3.51. The fourth-order valence-electron chi connectivity index (χ4n) is 3.94. The summed E-state index contributed by atoms with van der Waals surface area (Å²) < 4.78 is 0. The van der Waals surface area contributed by atoms with Crippen LogP contribution in [0.4, 0.5) is 5.69 Å². The molecular formula is C22H32N4O. The van der Waals surface area contributed by atoms with Crippen LogP contribution in [0.15, 0.2) is 35.7 Å². The lowest BCUT2D eigenvalue weighted by molar-refractivity contribution is 0.125. The van der Waals surface area contributed by atoms with E-state index in [1.54, 1.807) is 7.05 Å². The van der Waals surface area contributed by atoms with Gasteiger partial charge in [-0.2, -0.15) is 10.7 Å². The Kier molecular flexibility index (Phi) is 6.41. The Labute approximate surface area is 163 Å². The predicted octanol–water partition coefficient (Wildman–Crippen LogP) is 3.84. The van der Waals surface area contributed by atoms with Crippen molar-refractivity contribution in [3.05, 3.63) is 41.3 Å². The highest BCUT2D eigenvalue weighted by molar-refractivity contribution is 5.55. The van der Waals surface area contributed by atoms with Crippen molar-refractivity contribution in [2.45, 2.75) is 51.4 Å². The van der Waals surface area contributed by atoms with Crippen molar-refractivity contribution >= 4 is 5.69 Å². The van der Waals surface area contributed by atoms with Crippen LogP contribution in [-0.4, -0.2) is 26.7 Å². The maximum atomic E-state index is 9.44. The van der Waals surface area contributed by atoms with Crippen molar-refractivity contribution in [2.24, 2.45) is 5.92 Å². The Hall–Kier alpha value is -2.03. The van der Waals surface area contributed by atoms with Gasteiger partial charge in [0.15, 0.2) is 0 Å². The lowest BCUT2D eigenvalue weighted by Crippen LogP contribution is -2.31. The van der Waals surface area contributed by atoms with E-state index in [4.69, 9.17) is 4.84 Å². The molecule has 0 aromatic heterocycles. The van der Waals surface area contributed by atoms with Crippen molar-refractivity contribution in [1.82, 2.24) is 10.8 Å². The third kappa shape index (κ3) is 4.63. The SMILES string of the molecule is CNO/C(C)=C(\C)N(CCC1CCNCC1)c1ccc(C2(C#N)CC2)cc1. The van der Waals surface area contributed by atoms with Crippen molar-refractivity contribution in [1.29, 1.82) is 5.26 Å². The number of nitrogens with one attached hydrogen (secondary N) is 2. The first kappa shape index (κ1) is 19.7. The summed E-state index contributed by atoms with van der Waals surface area (Å²) in [6.45, 7) is 7.34. The van der Waals surface area contributed by atoms with E-state index in [1.165, 1.54) is 19.3 Å². The molecule has 1 saturated carbocycles. The van der Waals surface area contributed by atoms with Gasteiger partial charge in [-0.15, -0.1) is 0 Å². The van der Waals surface area contributed by atoms with Crippen LogP contribution in [0.25, 0.3) is 0 Å². The Balaban J connectivity index is 1.78. The Morgan fingerprint density at radius 1 is 1.26 bits per heavy atom. The topological polar surface area (TPSA) is 60.3 Å². The summed E-state index contributed by atoms with van der Waals surface area (Å²) in [5.41, 5.74) is 5.98. The van der Waals surface area contributed by atoms with E-state index >= 15 is 0 Å². The molecule has 1 aliphatic heterocycles. The number of piperidine rings is 1. The fourth-order valence-corrected chi connectivity index (χ4v) is 3.94. The van der Waals surface area contributed by atoms with E-state index in [2.05, 4.69) is 53.0 Å². The van der Waals surface area contributed by atoms with Gasteiger partial charge in [-0.25, -0.2) is 0 Å². The standard InChI is InChI=1S/C22H32N4O/c1-17(18(2)27-24-3)26(15-10-19-8-13-25-14-9-19)21-6-4-20(5-7-21)22(16-23)11-12-22/h4-7,19,24-25H,8-15H2,1-3H3/b18-17+. The molecular weight excluding hydrogens is 336 g/mol. The Morgan fingerprint density at radius 3 is 2.48 bits per heavy atom. The van der Waals surface area contributed by atoms with Gasteiger partial charge in [0.2, 0.25) is 0 Å². The molecule has 0 unspecified atom stereocenters. The minimum Gasteiger partial charge on any atom is -0.412 e. The van der Waals surface area contributed by atoms with E-state index in [0.717, 1.165) is 61.1 Å². The number of hydrogen-bond donors (Lipinski definition) is 2. The van der Waals surface area contributed by atoms with E-state index in [9.17, 15) is 5.26 Å². The lowest BCUT2D eigenvalue weighted by atomic mass is 9.94. The molecule has 0 spiro atoms. The van der Waals surface area contributed by atoms with Gasteiger partial charge in [-0.3, -0.25) is 0 Å². The van der Waals surface area contributed by atoms with Crippen LogP contribution in [0.3, 0.4) is 0 Å². The summed E-state index contributed by atoms with van der Waals surface area (Å²) in [4.78, 5) is 7.89. The highest BCUT2D eigenvalue weighted by atomic mass is 16.6. The molecule has 1 saturated heterocycles. The van der Waals surface area contributed by atoms with Gasteiger partial charge in [-0.1, -0.05) is 12.1 Å². The number of hydroxylamine groups is 1. The number of nitrogens with zero attached hydrogens (tertiary/aromatic N) is 2. The monoisotopic (exact) mass is 368 g/mol. The van der Waals surface area contributed by atoms with Crippen LogP contribution < -0.4 is 15.7 Å². The number of hydrogen-bond acceptors (Lipinski definition) is 5. The summed E-state index contributed by atoms with van der Waals surface area (Å²) in [5.74, 6) is 1.65. The number of anilines is 1. The summed E-state index contributed by atoms with van der Waals surface area (Å²) in [6.07, 6.45) is 5.65. The molecule has 2 fully saturated rings. The molecule has 3 rings (SSSR count). The van der Waals surface area contributed by atoms with Crippen molar-refractivity contribution in [3.63, 3.8) is 0 Å². The summed E-state index contributed by atoms with van der Waals surface area (Å²) in [7, 11) is 1.78. The first-order valence-corrected chi connectivity index (χ1v) is 10.1. The molecule has 0 atom stereocenters. The molecule has 0 amide bonds.